The van der Waals surface area contributed by atoms with E-state index in [-0.39, 0.29) is 5.97 Å². The lowest BCUT2D eigenvalue weighted by atomic mass is 9.88. The summed E-state index contributed by atoms with van der Waals surface area (Å²) < 4.78 is 5.05. The van der Waals surface area contributed by atoms with Crippen molar-refractivity contribution in [3.63, 3.8) is 0 Å². The van der Waals surface area contributed by atoms with E-state index in [4.69, 9.17) is 17.0 Å². The zero-order valence-electron chi connectivity index (χ0n) is 19.1. The zero-order valence-corrected chi connectivity index (χ0v) is 20.7. The van der Waals surface area contributed by atoms with E-state index in [1.807, 2.05) is 0 Å². The average molecular weight is 453 g/mol. The number of anilines is 1. The minimum absolute atomic E-state index is 0.262. The van der Waals surface area contributed by atoms with E-state index in [9.17, 15) is 4.79 Å². The van der Waals surface area contributed by atoms with Crippen LogP contribution in [-0.2, 0) is 17.6 Å². The van der Waals surface area contributed by atoms with E-state index in [0.29, 0.717) is 16.6 Å². The van der Waals surface area contributed by atoms with Gasteiger partial charge in [-0.1, -0.05) is 71.6 Å². The van der Waals surface area contributed by atoms with Crippen molar-refractivity contribution in [3.8, 4) is 0 Å². The normalized spacial score (nSPS) is 15.5. The standard InChI is InChI=1S/C24H40N2O2S2/c1-4-5-6-7-8-9-10-11-12-13-16-25-24(29)26-22-21(23(27)28-3)19-15-14-18(2)17-20(19)30-22/h18H,4-17H2,1-3H3,(H2,25,26,29). The maximum Gasteiger partial charge on any atom is 0.341 e. The molecule has 6 heteroatoms. The molecule has 0 saturated heterocycles. The van der Waals surface area contributed by atoms with Crippen molar-refractivity contribution in [1.29, 1.82) is 0 Å². The van der Waals surface area contributed by atoms with Crippen LogP contribution in [0.4, 0.5) is 5.00 Å². The second kappa shape index (κ2) is 14.0. The number of unbranched alkanes of at least 4 members (excludes halogenated alkanes) is 9. The van der Waals surface area contributed by atoms with Crippen LogP contribution in [0.1, 0.15) is 105 Å². The van der Waals surface area contributed by atoms with Gasteiger partial charge in [0.15, 0.2) is 5.11 Å². The van der Waals surface area contributed by atoms with E-state index >= 15 is 0 Å². The number of thiophene rings is 1. The van der Waals surface area contributed by atoms with Crippen molar-refractivity contribution in [2.75, 3.05) is 19.0 Å². The smallest absolute Gasteiger partial charge is 0.341 e. The summed E-state index contributed by atoms with van der Waals surface area (Å²) in [5.74, 6) is 0.401. The van der Waals surface area contributed by atoms with E-state index < -0.39 is 0 Å². The van der Waals surface area contributed by atoms with Crippen LogP contribution in [0.5, 0.6) is 0 Å². The summed E-state index contributed by atoms with van der Waals surface area (Å²) in [4.78, 5) is 13.7. The molecule has 1 atom stereocenters. The molecule has 170 valence electrons. The van der Waals surface area contributed by atoms with Gasteiger partial charge in [-0.2, -0.15) is 0 Å². The van der Waals surface area contributed by atoms with E-state index in [1.54, 1.807) is 11.3 Å². The summed E-state index contributed by atoms with van der Waals surface area (Å²) >= 11 is 7.14. The van der Waals surface area contributed by atoms with E-state index in [1.165, 1.54) is 69.8 Å². The summed E-state index contributed by atoms with van der Waals surface area (Å²) in [6.07, 6.45) is 16.4. The second-order valence-corrected chi connectivity index (χ2v) is 10.1. The van der Waals surface area contributed by atoms with Crippen molar-refractivity contribution in [2.24, 2.45) is 5.92 Å². The molecule has 2 N–H and O–H groups in total. The molecule has 2 rings (SSSR count). The minimum atomic E-state index is -0.262. The van der Waals surface area contributed by atoms with Crippen LogP contribution in [0.3, 0.4) is 0 Å². The molecule has 1 aromatic rings. The van der Waals surface area contributed by atoms with Crippen molar-refractivity contribution < 1.29 is 9.53 Å². The summed E-state index contributed by atoms with van der Waals surface area (Å²) in [6, 6.07) is 0. The fourth-order valence-corrected chi connectivity index (χ4v) is 5.79. The number of carbonyl (C=O) groups is 1. The molecule has 1 heterocycles. The van der Waals surface area contributed by atoms with Gasteiger partial charge in [-0.25, -0.2) is 4.79 Å². The van der Waals surface area contributed by atoms with Crippen molar-refractivity contribution in [3.05, 3.63) is 16.0 Å². The monoisotopic (exact) mass is 452 g/mol. The van der Waals surface area contributed by atoms with E-state index in [2.05, 4.69) is 24.5 Å². The Labute approximate surface area is 192 Å². The van der Waals surface area contributed by atoms with Crippen LogP contribution in [0.15, 0.2) is 0 Å². The molecule has 0 amide bonds. The first-order valence-corrected chi connectivity index (χ1v) is 13.1. The third-order valence-corrected chi connectivity index (χ3v) is 7.36. The molecular formula is C24H40N2O2S2. The van der Waals surface area contributed by atoms with Gasteiger partial charge in [-0.05, 0) is 49.4 Å². The Morgan fingerprint density at radius 2 is 1.73 bits per heavy atom. The Morgan fingerprint density at radius 1 is 1.10 bits per heavy atom. The van der Waals surface area contributed by atoms with Crippen LogP contribution in [0, 0.1) is 5.92 Å². The number of rotatable bonds is 13. The topological polar surface area (TPSA) is 50.4 Å². The van der Waals surface area contributed by atoms with Crippen molar-refractivity contribution >= 4 is 39.6 Å². The SMILES string of the molecule is CCCCCCCCCCCCNC(=S)Nc1sc2c(c1C(=O)OC)CCC(C)C2. The molecule has 0 saturated carbocycles. The summed E-state index contributed by atoms with van der Waals surface area (Å²) in [5.41, 5.74) is 1.84. The van der Waals surface area contributed by atoms with Gasteiger partial charge in [0.25, 0.3) is 0 Å². The molecule has 1 unspecified atom stereocenters. The molecule has 0 bridgehead atoms. The molecule has 1 aliphatic carbocycles. The maximum atomic E-state index is 12.4. The van der Waals surface area contributed by atoms with Gasteiger partial charge < -0.3 is 15.4 Å². The molecular weight excluding hydrogens is 412 g/mol. The van der Waals surface area contributed by atoms with Crippen LogP contribution >= 0.6 is 23.6 Å². The largest absolute Gasteiger partial charge is 0.465 e. The molecule has 0 fully saturated rings. The Balaban J connectivity index is 1.68. The number of esters is 1. The van der Waals surface area contributed by atoms with Gasteiger partial charge in [-0.3, -0.25) is 0 Å². The van der Waals surface area contributed by atoms with Gasteiger partial charge in [0.1, 0.15) is 5.00 Å². The van der Waals surface area contributed by atoms with Crippen molar-refractivity contribution in [1.82, 2.24) is 5.32 Å². The third-order valence-electron chi connectivity index (χ3n) is 5.94. The molecule has 30 heavy (non-hydrogen) atoms. The Kier molecular flexibility index (Phi) is 11.7. The number of hydrogen-bond acceptors (Lipinski definition) is 4. The van der Waals surface area contributed by atoms with Crippen LogP contribution in [0.2, 0.25) is 0 Å². The predicted octanol–water partition coefficient (Wildman–Crippen LogP) is 6.87. The van der Waals surface area contributed by atoms with Gasteiger partial charge in [0.05, 0.1) is 12.7 Å². The molecule has 1 aromatic heterocycles. The Morgan fingerprint density at radius 3 is 2.37 bits per heavy atom. The lowest BCUT2D eigenvalue weighted by Gasteiger charge is -2.18. The van der Waals surface area contributed by atoms with Crippen molar-refractivity contribution in [2.45, 2.75) is 97.3 Å². The fraction of sp³-hybridized carbons (Fsp3) is 0.750. The van der Waals surface area contributed by atoms with Crippen LogP contribution in [0.25, 0.3) is 0 Å². The summed E-state index contributed by atoms with van der Waals surface area (Å²) in [6.45, 7) is 5.41. The van der Waals surface area contributed by atoms with Crippen LogP contribution < -0.4 is 10.6 Å². The van der Waals surface area contributed by atoms with Crippen LogP contribution in [-0.4, -0.2) is 24.7 Å². The minimum Gasteiger partial charge on any atom is -0.465 e. The van der Waals surface area contributed by atoms with Gasteiger partial charge >= 0.3 is 5.97 Å². The lowest BCUT2D eigenvalue weighted by molar-refractivity contribution is 0.0601. The number of carbonyl (C=O) groups excluding carboxylic acids is 1. The third kappa shape index (κ3) is 8.18. The highest BCUT2D eigenvalue weighted by atomic mass is 32.1. The number of hydrogen-bond donors (Lipinski definition) is 2. The first kappa shape index (κ1) is 25.1. The highest BCUT2D eigenvalue weighted by Crippen LogP contribution is 2.40. The fourth-order valence-electron chi connectivity index (χ4n) is 4.12. The summed E-state index contributed by atoms with van der Waals surface area (Å²) in [7, 11) is 1.45. The summed E-state index contributed by atoms with van der Waals surface area (Å²) in [5, 5.41) is 8.01. The highest BCUT2D eigenvalue weighted by Gasteiger charge is 2.28. The van der Waals surface area contributed by atoms with Gasteiger partial charge in [-0.15, -0.1) is 11.3 Å². The second-order valence-electron chi connectivity index (χ2n) is 8.61. The number of fused-ring (bicyclic) bond motifs is 1. The number of methoxy groups -OCH3 is 1. The quantitative estimate of drug-likeness (QED) is 0.194. The van der Waals surface area contributed by atoms with Gasteiger partial charge in [0, 0.05) is 11.4 Å². The molecule has 1 aliphatic rings. The average Bonchev–Trinajstić information content (AvgIpc) is 3.08. The van der Waals surface area contributed by atoms with E-state index in [0.717, 1.165) is 42.8 Å². The molecule has 0 aromatic carbocycles. The number of ether oxygens (including phenoxy) is 1. The zero-order chi connectivity index (χ0) is 21.8. The Bertz CT molecular complexity index is 672. The Hall–Kier alpha value is -1.14. The van der Waals surface area contributed by atoms with Gasteiger partial charge in [0.2, 0.25) is 0 Å². The maximum absolute atomic E-state index is 12.4. The molecule has 0 radical (unpaired) electrons. The molecule has 4 nitrogen and oxygen atoms in total. The highest BCUT2D eigenvalue weighted by molar-refractivity contribution is 7.80. The number of thiocarbonyl (C=S) groups is 1. The molecule has 0 aliphatic heterocycles. The first-order chi connectivity index (χ1) is 14.6. The number of nitrogens with one attached hydrogen (secondary N) is 2. The lowest BCUT2D eigenvalue weighted by Crippen LogP contribution is -2.29. The first-order valence-electron chi connectivity index (χ1n) is 11.8. The molecule has 0 spiro atoms. The predicted molar refractivity (Wildman–Crippen MR) is 133 cm³/mol.